The van der Waals surface area contributed by atoms with Gasteiger partial charge in [0.05, 0.1) is 5.52 Å². The number of anilines is 2. The van der Waals surface area contributed by atoms with Gasteiger partial charge in [-0.3, -0.25) is 9.97 Å². The highest BCUT2D eigenvalue weighted by Crippen LogP contribution is 2.51. The van der Waals surface area contributed by atoms with E-state index in [2.05, 4.69) is 106 Å². The molecule has 180 valence electrons. The summed E-state index contributed by atoms with van der Waals surface area (Å²) in [7, 11) is 4.36. The second kappa shape index (κ2) is 7.77. The molecule has 1 aliphatic heterocycles. The van der Waals surface area contributed by atoms with Gasteiger partial charge in [-0.05, 0) is 58.5 Å². The monoisotopic (exact) mass is 488 g/mol. The van der Waals surface area contributed by atoms with Gasteiger partial charge in [0.2, 0.25) is 0 Å². The zero-order chi connectivity index (χ0) is 25.4. The minimum atomic E-state index is 1.13. The van der Waals surface area contributed by atoms with Crippen LogP contribution in [-0.4, -0.2) is 21.6 Å². The Kier molecular flexibility index (Phi) is 4.32. The summed E-state index contributed by atoms with van der Waals surface area (Å²) >= 11 is 0. The van der Waals surface area contributed by atoms with Gasteiger partial charge in [-0.25, -0.2) is 0 Å². The van der Waals surface area contributed by atoms with Crippen LogP contribution in [0.4, 0.5) is 11.4 Å². The quantitative estimate of drug-likeness (QED) is 0.245. The molecular formula is C34H24N4. The van der Waals surface area contributed by atoms with Crippen LogP contribution >= 0.6 is 0 Å². The van der Waals surface area contributed by atoms with E-state index in [4.69, 9.17) is 0 Å². The van der Waals surface area contributed by atoms with Crippen LogP contribution in [0.25, 0.3) is 66.0 Å². The lowest BCUT2D eigenvalue weighted by Crippen LogP contribution is -2.15. The van der Waals surface area contributed by atoms with Crippen molar-refractivity contribution in [1.29, 1.82) is 0 Å². The SMILES string of the molecule is CN1c2cc(-c3cccnc3)ccc2-c2cc3c(c4cccc1c24)c1ccc(-c2cccnc2)cc1n3C. The van der Waals surface area contributed by atoms with Gasteiger partial charge in [0, 0.05) is 88.6 Å². The predicted octanol–water partition coefficient (Wildman–Crippen LogP) is 8.36. The smallest absolute Gasteiger partial charge is 0.0501 e. The van der Waals surface area contributed by atoms with E-state index in [1.54, 1.807) is 0 Å². The molecular weight excluding hydrogens is 464 g/mol. The van der Waals surface area contributed by atoms with E-state index in [0.29, 0.717) is 0 Å². The van der Waals surface area contributed by atoms with Crippen molar-refractivity contribution in [3.63, 3.8) is 0 Å². The minimum absolute atomic E-state index is 1.13. The molecule has 0 fully saturated rings. The Balaban J connectivity index is 1.43. The van der Waals surface area contributed by atoms with E-state index in [1.807, 2.05) is 36.9 Å². The van der Waals surface area contributed by atoms with Crippen molar-refractivity contribution in [2.75, 3.05) is 11.9 Å². The lowest BCUT2D eigenvalue weighted by atomic mass is 9.88. The number of benzene rings is 4. The molecule has 8 rings (SSSR count). The Bertz CT molecular complexity index is 2040. The van der Waals surface area contributed by atoms with Crippen molar-refractivity contribution < 1.29 is 0 Å². The predicted molar refractivity (Wildman–Crippen MR) is 158 cm³/mol. The molecule has 0 N–H and O–H groups in total. The van der Waals surface area contributed by atoms with Gasteiger partial charge in [0.15, 0.2) is 0 Å². The molecule has 0 saturated carbocycles. The first kappa shape index (κ1) is 21.2. The summed E-state index contributed by atoms with van der Waals surface area (Å²) in [6, 6.07) is 30.9. The first-order valence-electron chi connectivity index (χ1n) is 12.9. The molecule has 0 atom stereocenters. The molecule has 0 bridgehead atoms. The molecule has 4 aromatic carbocycles. The lowest BCUT2D eigenvalue weighted by molar-refractivity contribution is 1.01. The molecule has 0 radical (unpaired) electrons. The van der Waals surface area contributed by atoms with Crippen LogP contribution in [0.15, 0.2) is 110 Å². The van der Waals surface area contributed by atoms with Gasteiger partial charge in [-0.1, -0.05) is 48.5 Å². The molecule has 4 heteroatoms. The van der Waals surface area contributed by atoms with Crippen LogP contribution in [0.5, 0.6) is 0 Å². The van der Waals surface area contributed by atoms with Gasteiger partial charge < -0.3 is 9.47 Å². The van der Waals surface area contributed by atoms with E-state index in [0.717, 1.165) is 11.1 Å². The minimum Gasteiger partial charge on any atom is -0.344 e. The number of pyridine rings is 2. The van der Waals surface area contributed by atoms with E-state index in [9.17, 15) is 0 Å². The van der Waals surface area contributed by atoms with Crippen LogP contribution in [0.2, 0.25) is 0 Å². The first-order chi connectivity index (χ1) is 18.7. The summed E-state index contributed by atoms with van der Waals surface area (Å²) in [6.07, 6.45) is 7.50. The maximum atomic E-state index is 4.33. The van der Waals surface area contributed by atoms with Gasteiger partial charge in [0.1, 0.15) is 0 Å². The summed E-state index contributed by atoms with van der Waals surface area (Å²) in [5.41, 5.74) is 12.1. The largest absolute Gasteiger partial charge is 0.344 e. The Hall–Kier alpha value is -4.96. The Morgan fingerprint density at radius 1 is 0.526 bits per heavy atom. The van der Waals surface area contributed by atoms with E-state index in [1.165, 1.54) is 66.2 Å². The van der Waals surface area contributed by atoms with Crippen LogP contribution < -0.4 is 4.90 Å². The van der Waals surface area contributed by atoms with Gasteiger partial charge in [-0.2, -0.15) is 0 Å². The van der Waals surface area contributed by atoms with Gasteiger partial charge in [-0.15, -0.1) is 0 Å². The number of fused-ring (bicyclic) bond motifs is 6. The van der Waals surface area contributed by atoms with Crippen molar-refractivity contribution in [3.05, 3.63) is 110 Å². The first-order valence-corrected chi connectivity index (χ1v) is 12.9. The number of hydrogen-bond acceptors (Lipinski definition) is 3. The molecule has 4 nitrogen and oxygen atoms in total. The maximum Gasteiger partial charge on any atom is 0.0501 e. The third-order valence-electron chi connectivity index (χ3n) is 8.11. The molecule has 0 amide bonds. The summed E-state index contributed by atoms with van der Waals surface area (Å²) in [4.78, 5) is 11.0. The number of rotatable bonds is 2. The van der Waals surface area contributed by atoms with E-state index < -0.39 is 0 Å². The molecule has 7 aromatic rings. The number of hydrogen-bond donors (Lipinski definition) is 0. The molecule has 0 unspecified atom stereocenters. The second-order valence-electron chi connectivity index (χ2n) is 10.1. The summed E-state index contributed by atoms with van der Waals surface area (Å²) < 4.78 is 2.34. The summed E-state index contributed by atoms with van der Waals surface area (Å²) in [6.45, 7) is 0. The summed E-state index contributed by atoms with van der Waals surface area (Å²) in [5.74, 6) is 0. The molecule has 0 spiro atoms. The number of nitrogens with zero attached hydrogens (tertiary/aromatic N) is 4. The van der Waals surface area contributed by atoms with Crippen molar-refractivity contribution in [2.45, 2.75) is 0 Å². The van der Waals surface area contributed by atoms with E-state index in [-0.39, 0.29) is 0 Å². The van der Waals surface area contributed by atoms with Crippen molar-refractivity contribution in [1.82, 2.24) is 14.5 Å². The van der Waals surface area contributed by atoms with Crippen molar-refractivity contribution in [2.24, 2.45) is 7.05 Å². The zero-order valence-corrected chi connectivity index (χ0v) is 21.2. The number of aryl methyl sites for hydroxylation is 1. The Morgan fingerprint density at radius 3 is 2.00 bits per heavy atom. The van der Waals surface area contributed by atoms with Crippen molar-refractivity contribution in [3.8, 4) is 33.4 Å². The van der Waals surface area contributed by atoms with Crippen LogP contribution in [0.1, 0.15) is 0 Å². The zero-order valence-electron chi connectivity index (χ0n) is 21.2. The topological polar surface area (TPSA) is 34.0 Å². The maximum absolute atomic E-state index is 4.33. The van der Waals surface area contributed by atoms with Crippen LogP contribution in [0.3, 0.4) is 0 Å². The normalized spacial score (nSPS) is 12.4. The average Bonchev–Trinajstić information content (AvgIpc) is 3.27. The fraction of sp³-hybridized carbons (Fsp3) is 0.0588. The molecule has 0 saturated heterocycles. The number of aromatic nitrogens is 3. The molecule has 38 heavy (non-hydrogen) atoms. The van der Waals surface area contributed by atoms with Crippen LogP contribution in [-0.2, 0) is 7.05 Å². The van der Waals surface area contributed by atoms with Gasteiger partial charge in [0.25, 0.3) is 0 Å². The Morgan fingerprint density at radius 2 is 1.26 bits per heavy atom. The Labute approximate surface area is 220 Å². The average molecular weight is 489 g/mol. The standard InChI is InChI=1S/C34H24N4/c1-37-29-9-3-8-27-33-26-13-11-22(24-7-5-15-36-20-24)17-31(26)38(2)32(33)18-28(34(27)29)25-12-10-21(16-30(25)37)23-6-4-14-35-19-23/h3-20H,1-2H3. The molecule has 1 aliphatic rings. The fourth-order valence-corrected chi connectivity index (χ4v) is 6.23. The van der Waals surface area contributed by atoms with Crippen LogP contribution in [0, 0.1) is 0 Å². The lowest BCUT2D eigenvalue weighted by Gasteiger charge is -2.31. The third kappa shape index (κ3) is 2.86. The van der Waals surface area contributed by atoms with Crippen molar-refractivity contribution >= 4 is 44.0 Å². The molecule has 3 aromatic heterocycles. The molecule has 0 aliphatic carbocycles. The third-order valence-corrected chi connectivity index (χ3v) is 8.11. The fourth-order valence-electron chi connectivity index (χ4n) is 6.23. The van der Waals surface area contributed by atoms with E-state index >= 15 is 0 Å². The summed E-state index contributed by atoms with van der Waals surface area (Å²) in [5, 5.41) is 5.19. The molecule has 4 heterocycles. The highest BCUT2D eigenvalue weighted by molar-refractivity contribution is 6.27. The highest BCUT2D eigenvalue weighted by atomic mass is 15.1. The van der Waals surface area contributed by atoms with Gasteiger partial charge >= 0.3 is 0 Å². The highest BCUT2D eigenvalue weighted by Gasteiger charge is 2.25. The second-order valence-corrected chi connectivity index (χ2v) is 10.1.